The zero-order valence-electron chi connectivity index (χ0n) is 22.8. The molecule has 202 valence electrons. The largest absolute Gasteiger partial charge is 0.461 e. The second-order valence-corrected chi connectivity index (χ2v) is 10.5. The van der Waals surface area contributed by atoms with Gasteiger partial charge in [-0.1, -0.05) is 24.3 Å². The van der Waals surface area contributed by atoms with Gasteiger partial charge < -0.3 is 23.8 Å². The molecule has 3 aromatic rings. The molecule has 5 heterocycles. The maximum atomic E-state index is 13.6. The van der Waals surface area contributed by atoms with Crippen LogP contribution in [0.3, 0.4) is 0 Å². The Morgan fingerprint density at radius 1 is 0.923 bits per heavy atom. The van der Waals surface area contributed by atoms with Gasteiger partial charge >= 0.3 is 23.9 Å². The van der Waals surface area contributed by atoms with Crippen molar-refractivity contribution >= 4 is 23.9 Å². The molecule has 0 saturated carbocycles. The molecule has 1 aliphatic carbocycles. The van der Waals surface area contributed by atoms with Gasteiger partial charge in [-0.05, 0) is 74.9 Å². The van der Waals surface area contributed by atoms with Crippen molar-refractivity contribution in [1.29, 1.82) is 0 Å². The fourth-order valence-electron chi connectivity index (χ4n) is 7.26. The Kier molecular flexibility index (Phi) is 5.44. The van der Waals surface area contributed by atoms with Gasteiger partial charge in [0.25, 0.3) is 0 Å². The van der Waals surface area contributed by atoms with Crippen LogP contribution in [0, 0.1) is 39.5 Å². The van der Waals surface area contributed by atoms with Crippen molar-refractivity contribution in [2.24, 2.45) is 11.8 Å². The molecule has 2 bridgehead atoms. The van der Waals surface area contributed by atoms with Crippen molar-refractivity contribution in [2.75, 3.05) is 13.2 Å². The van der Waals surface area contributed by atoms with Crippen molar-refractivity contribution in [1.82, 2.24) is 9.55 Å². The number of carbonyl (C=O) groups excluding carboxylic acids is 4. The summed E-state index contributed by atoms with van der Waals surface area (Å²) in [4.78, 5) is 56.7. The van der Waals surface area contributed by atoms with Crippen molar-refractivity contribution in [2.45, 2.75) is 53.0 Å². The fraction of sp³-hybridized carbons (Fsp3) is 0.400. The average Bonchev–Trinajstić information content (AvgIpc) is 3.49. The van der Waals surface area contributed by atoms with Gasteiger partial charge in [-0.3, -0.25) is 9.59 Å². The molecule has 4 atom stereocenters. The molecule has 7 rings (SSSR count). The SMILES string of the molecule is CCOC(=O)c1[nH]c([C@@]23c4ccccc4[C@@H]([C@H]4C(=O)OC(=O)[C@H]42)n2c(C(=O)OCC)c(C)c(C)c23)c(C)c1C. The summed E-state index contributed by atoms with van der Waals surface area (Å²) in [7, 11) is 0. The Balaban J connectivity index is 1.80. The molecule has 1 aromatic carbocycles. The normalized spacial score (nSPS) is 24.2. The molecule has 3 aliphatic heterocycles. The van der Waals surface area contributed by atoms with Gasteiger partial charge in [-0.25, -0.2) is 9.59 Å². The molecule has 1 N–H and O–H groups in total. The van der Waals surface area contributed by atoms with Crippen molar-refractivity contribution in [3.8, 4) is 0 Å². The Bertz CT molecular complexity index is 1610. The lowest BCUT2D eigenvalue weighted by atomic mass is 9.52. The number of aromatic nitrogens is 2. The van der Waals surface area contributed by atoms with Crippen LogP contribution in [0.15, 0.2) is 24.3 Å². The molecule has 0 spiro atoms. The smallest absolute Gasteiger partial charge is 0.355 e. The highest BCUT2D eigenvalue weighted by atomic mass is 16.6. The minimum atomic E-state index is -1.24. The number of H-pyrrole nitrogens is 1. The Labute approximate surface area is 225 Å². The summed E-state index contributed by atoms with van der Waals surface area (Å²) in [5.74, 6) is -4.00. The van der Waals surface area contributed by atoms with Gasteiger partial charge in [0.1, 0.15) is 11.4 Å². The molecule has 1 saturated heterocycles. The van der Waals surface area contributed by atoms with Crippen LogP contribution in [-0.4, -0.2) is 46.6 Å². The van der Waals surface area contributed by atoms with Gasteiger partial charge in [0.15, 0.2) is 0 Å². The monoisotopic (exact) mass is 530 g/mol. The molecular weight excluding hydrogens is 500 g/mol. The molecule has 2 aromatic heterocycles. The number of rotatable bonds is 5. The second kappa shape index (κ2) is 8.43. The van der Waals surface area contributed by atoms with Crippen LogP contribution in [0.2, 0.25) is 0 Å². The van der Waals surface area contributed by atoms with Gasteiger partial charge in [-0.15, -0.1) is 0 Å². The highest BCUT2D eigenvalue weighted by Gasteiger charge is 2.70. The minimum Gasteiger partial charge on any atom is -0.461 e. The molecule has 9 heteroatoms. The number of nitrogens with one attached hydrogen (secondary N) is 1. The molecule has 0 amide bonds. The fourth-order valence-corrected chi connectivity index (χ4v) is 7.26. The van der Waals surface area contributed by atoms with E-state index in [1.54, 1.807) is 13.8 Å². The summed E-state index contributed by atoms with van der Waals surface area (Å²) in [5, 5.41) is 0. The first-order valence-corrected chi connectivity index (χ1v) is 13.2. The van der Waals surface area contributed by atoms with Gasteiger partial charge in [0, 0.05) is 11.4 Å². The summed E-state index contributed by atoms with van der Waals surface area (Å²) in [5.41, 5.74) is 5.38. The predicted molar refractivity (Wildman–Crippen MR) is 139 cm³/mol. The van der Waals surface area contributed by atoms with E-state index in [9.17, 15) is 19.2 Å². The van der Waals surface area contributed by atoms with Crippen LogP contribution in [0.4, 0.5) is 0 Å². The van der Waals surface area contributed by atoms with E-state index in [4.69, 9.17) is 14.2 Å². The summed E-state index contributed by atoms with van der Waals surface area (Å²) >= 11 is 0. The van der Waals surface area contributed by atoms with E-state index < -0.39 is 47.2 Å². The van der Waals surface area contributed by atoms with Crippen LogP contribution in [-0.2, 0) is 29.2 Å². The van der Waals surface area contributed by atoms with Crippen molar-refractivity contribution < 1.29 is 33.4 Å². The highest BCUT2D eigenvalue weighted by molar-refractivity contribution is 6.02. The standard InChI is InChI=1S/C30H30N2O7/c1-7-37-28(35)21-13(3)15(5)24(31-21)30-18-12-10-9-11-17(18)23(19-20(30)27(34)39-26(19)33)32-22(29(36)38-8-2)14(4)16(6)25(30)32/h9-12,19-20,23,31H,7-8H2,1-6H3/t19-,20-,23-,30+/m0/s1. The Morgan fingerprint density at radius 3 is 2.28 bits per heavy atom. The lowest BCUT2D eigenvalue weighted by molar-refractivity contribution is -0.154. The first-order valence-electron chi connectivity index (χ1n) is 13.2. The molecule has 9 nitrogen and oxygen atoms in total. The van der Waals surface area contributed by atoms with Gasteiger partial charge in [0.05, 0.1) is 36.5 Å². The maximum Gasteiger partial charge on any atom is 0.355 e. The number of hydrogen-bond acceptors (Lipinski definition) is 7. The van der Waals surface area contributed by atoms with Crippen LogP contribution < -0.4 is 0 Å². The van der Waals surface area contributed by atoms with Crippen molar-refractivity contribution in [3.63, 3.8) is 0 Å². The minimum absolute atomic E-state index is 0.189. The van der Waals surface area contributed by atoms with Crippen LogP contribution >= 0.6 is 0 Å². The Morgan fingerprint density at radius 2 is 1.59 bits per heavy atom. The second-order valence-electron chi connectivity index (χ2n) is 10.5. The topological polar surface area (TPSA) is 117 Å². The molecule has 1 fully saturated rings. The average molecular weight is 531 g/mol. The third kappa shape index (κ3) is 2.90. The number of cyclic esters (lactones) is 2. The summed E-state index contributed by atoms with van der Waals surface area (Å²) < 4.78 is 18.0. The first kappa shape index (κ1) is 25.2. The van der Waals surface area contributed by atoms with Crippen LogP contribution in [0.5, 0.6) is 0 Å². The van der Waals surface area contributed by atoms with E-state index in [2.05, 4.69) is 4.98 Å². The predicted octanol–water partition coefficient (Wildman–Crippen LogP) is 3.97. The third-order valence-electron chi connectivity index (χ3n) is 8.91. The lowest BCUT2D eigenvalue weighted by Gasteiger charge is -2.54. The zero-order chi connectivity index (χ0) is 28.0. The van der Waals surface area contributed by atoms with E-state index in [1.807, 2.05) is 56.5 Å². The quantitative estimate of drug-likeness (QED) is 0.301. The van der Waals surface area contributed by atoms with E-state index in [0.717, 1.165) is 33.5 Å². The number of nitrogens with zero attached hydrogens (tertiary/aromatic N) is 1. The first-order chi connectivity index (χ1) is 18.6. The maximum absolute atomic E-state index is 13.6. The van der Waals surface area contributed by atoms with E-state index in [0.29, 0.717) is 17.0 Å². The number of hydrogen-bond donors (Lipinski definition) is 1. The van der Waals surface area contributed by atoms with E-state index in [1.165, 1.54) is 0 Å². The summed E-state index contributed by atoms with van der Waals surface area (Å²) in [6, 6.07) is 7.05. The molecule has 4 aliphatic rings. The third-order valence-corrected chi connectivity index (χ3v) is 8.91. The number of esters is 4. The summed E-state index contributed by atoms with van der Waals surface area (Å²) in [6.07, 6.45) is 0. The zero-order valence-corrected chi connectivity index (χ0v) is 22.8. The van der Waals surface area contributed by atoms with Crippen molar-refractivity contribution in [3.05, 3.63) is 80.4 Å². The van der Waals surface area contributed by atoms with E-state index >= 15 is 0 Å². The van der Waals surface area contributed by atoms with Crippen LogP contribution in [0.1, 0.15) is 85.6 Å². The van der Waals surface area contributed by atoms with Crippen LogP contribution in [0.25, 0.3) is 0 Å². The molecular formula is C30H30N2O7. The number of carbonyl (C=O) groups is 4. The van der Waals surface area contributed by atoms with Gasteiger partial charge in [-0.2, -0.15) is 0 Å². The number of aromatic amines is 1. The molecule has 0 unspecified atom stereocenters. The number of ether oxygens (including phenoxy) is 3. The molecule has 39 heavy (non-hydrogen) atoms. The summed E-state index contributed by atoms with van der Waals surface area (Å²) in [6.45, 7) is 11.4. The highest BCUT2D eigenvalue weighted by Crippen LogP contribution is 2.65. The number of benzene rings is 1. The van der Waals surface area contributed by atoms with E-state index in [-0.39, 0.29) is 18.9 Å². The lowest BCUT2D eigenvalue weighted by Crippen LogP contribution is -2.57. The van der Waals surface area contributed by atoms with Gasteiger partial charge in [0.2, 0.25) is 0 Å². The molecule has 0 radical (unpaired) electrons. The Hall–Kier alpha value is -4.14.